The van der Waals surface area contributed by atoms with Gasteiger partial charge in [0.25, 0.3) is 0 Å². The van der Waals surface area contributed by atoms with Crippen LogP contribution in [0.3, 0.4) is 0 Å². The molecule has 0 unspecified atom stereocenters. The van der Waals surface area contributed by atoms with Crippen LogP contribution in [-0.2, 0) is 5.41 Å². The lowest BCUT2D eigenvalue weighted by atomic mass is 9.70. The van der Waals surface area contributed by atoms with Crippen LogP contribution in [0.4, 0.5) is 8.78 Å². The van der Waals surface area contributed by atoms with Gasteiger partial charge in [-0.2, -0.15) is 0 Å². The molecule has 1 aromatic rings. The molecule has 3 nitrogen and oxygen atoms in total. The van der Waals surface area contributed by atoms with E-state index < -0.39 is 11.3 Å². The van der Waals surface area contributed by atoms with E-state index in [2.05, 4.69) is 9.97 Å². The molecule has 0 bridgehead atoms. The van der Waals surface area contributed by atoms with E-state index in [1.165, 1.54) is 0 Å². The highest BCUT2D eigenvalue weighted by molar-refractivity contribution is 5.23. The van der Waals surface area contributed by atoms with Gasteiger partial charge < -0.3 is 5.73 Å². The third-order valence-corrected chi connectivity index (χ3v) is 3.71. The van der Waals surface area contributed by atoms with E-state index in [1.54, 1.807) is 12.4 Å². The van der Waals surface area contributed by atoms with Gasteiger partial charge in [-0.25, -0.2) is 8.78 Å². The fourth-order valence-corrected chi connectivity index (χ4v) is 2.56. The van der Waals surface area contributed by atoms with E-state index in [0.717, 1.165) is 11.4 Å². The first-order chi connectivity index (χ1) is 7.99. The predicted octanol–water partition coefficient (Wildman–Crippen LogP) is 2.19. The number of aryl methyl sites for hydroxylation is 1. The van der Waals surface area contributed by atoms with Crippen LogP contribution in [0.1, 0.15) is 37.1 Å². The lowest BCUT2D eigenvalue weighted by Crippen LogP contribution is -2.43. The van der Waals surface area contributed by atoms with Gasteiger partial charge in [-0.15, -0.1) is 0 Å². The van der Waals surface area contributed by atoms with Gasteiger partial charge in [0, 0.05) is 37.2 Å². The maximum Gasteiger partial charge on any atom is 0.248 e. The molecule has 1 aromatic heterocycles. The first-order valence-corrected chi connectivity index (χ1v) is 5.85. The Labute approximate surface area is 99.5 Å². The number of aromatic nitrogens is 2. The Kier molecular flexibility index (Phi) is 3.12. The fourth-order valence-electron chi connectivity index (χ4n) is 2.56. The molecule has 1 fully saturated rings. The second-order valence-corrected chi connectivity index (χ2v) is 4.83. The van der Waals surface area contributed by atoms with E-state index in [4.69, 9.17) is 5.73 Å². The van der Waals surface area contributed by atoms with Gasteiger partial charge in [-0.1, -0.05) is 0 Å². The van der Waals surface area contributed by atoms with Crippen molar-refractivity contribution in [2.75, 3.05) is 6.54 Å². The molecule has 0 spiro atoms. The number of halogens is 2. The summed E-state index contributed by atoms with van der Waals surface area (Å²) in [6.07, 6.45) is 3.76. The molecule has 2 rings (SSSR count). The monoisotopic (exact) mass is 241 g/mol. The summed E-state index contributed by atoms with van der Waals surface area (Å²) in [5.41, 5.74) is 6.98. The SMILES string of the molecule is Cc1nccnc1C1(CN)CCC(F)(F)CC1. The fraction of sp³-hybridized carbons (Fsp3) is 0.667. The maximum atomic E-state index is 13.2. The smallest absolute Gasteiger partial charge is 0.248 e. The summed E-state index contributed by atoms with van der Waals surface area (Å²) < 4.78 is 26.4. The standard InChI is InChI=1S/C12H17F2N3/c1-9-10(17-7-6-16-9)11(8-15)2-4-12(13,14)5-3-11/h6-7H,2-5,8,15H2,1H3. The lowest BCUT2D eigenvalue weighted by Gasteiger charge is -2.39. The van der Waals surface area contributed by atoms with Gasteiger partial charge >= 0.3 is 0 Å². The average Bonchev–Trinajstić information content (AvgIpc) is 2.31. The minimum atomic E-state index is -2.55. The van der Waals surface area contributed by atoms with Crippen LogP contribution in [0.5, 0.6) is 0 Å². The molecule has 5 heteroatoms. The second kappa shape index (κ2) is 4.29. The Morgan fingerprint density at radius 2 is 1.76 bits per heavy atom. The maximum absolute atomic E-state index is 13.2. The molecule has 94 valence electrons. The Morgan fingerprint density at radius 1 is 1.18 bits per heavy atom. The summed E-state index contributed by atoms with van der Waals surface area (Å²) >= 11 is 0. The summed E-state index contributed by atoms with van der Waals surface area (Å²) in [5.74, 6) is -2.55. The summed E-state index contributed by atoms with van der Waals surface area (Å²) in [7, 11) is 0. The molecular formula is C12H17F2N3. The zero-order chi connectivity index (χ0) is 12.5. The van der Waals surface area contributed by atoms with Crippen molar-refractivity contribution in [3.8, 4) is 0 Å². The van der Waals surface area contributed by atoms with E-state index in [1.807, 2.05) is 6.92 Å². The number of alkyl halides is 2. The van der Waals surface area contributed by atoms with Crippen molar-refractivity contribution in [2.45, 2.75) is 43.9 Å². The minimum absolute atomic E-state index is 0.111. The van der Waals surface area contributed by atoms with Crippen molar-refractivity contribution in [3.05, 3.63) is 23.8 Å². The molecular weight excluding hydrogens is 224 g/mol. The van der Waals surface area contributed by atoms with E-state index in [0.29, 0.717) is 19.4 Å². The zero-order valence-corrected chi connectivity index (χ0v) is 9.92. The number of nitrogens with two attached hydrogens (primary N) is 1. The number of nitrogens with zero attached hydrogens (tertiary/aromatic N) is 2. The third-order valence-electron chi connectivity index (χ3n) is 3.71. The zero-order valence-electron chi connectivity index (χ0n) is 9.92. The van der Waals surface area contributed by atoms with Gasteiger partial charge in [0.2, 0.25) is 5.92 Å². The quantitative estimate of drug-likeness (QED) is 0.863. The van der Waals surface area contributed by atoms with Crippen molar-refractivity contribution in [3.63, 3.8) is 0 Å². The van der Waals surface area contributed by atoms with E-state index in [-0.39, 0.29) is 12.8 Å². The summed E-state index contributed by atoms with van der Waals surface area (Å²) in [6.45, 7) is 2.20. The van der Waals surface area contributed by atoms with Crippen molar-refractivity contribution >= 4 is 0 Å². The van der Waals surface area contributed by atoms with Crippen molar-refractivity contribution in [1.29, 1.82) is 0 Å². The van der Waals surface area contributed by atoms with E-state index >= 15 is 0 Å². The van der Waals surface area contributed by atoms with Crippen LogP contribution in [0.15, 0.2) is 12.4 Å². The molecule has 17 heavy (non-hydrogen) atoms. The van der Waals surface area contributed by atoms with E-state index in [9.17, 15) is 8.78 Å². The number of hydrogen-bond donors (Lipinski definition) is 1. The molecule has 0 aromatic carbocycles. The Morgan fingerprint density at radius 3 is 2.29 bits per heavy atom. The Bertz CT molecular complexity index is 396. The van der Waals surface area contributed by atoms with Gasteiger partial charge in [-0.05, 0) is 19.8 Å². The average molecular weight is 241 g/mol. The van der Waals surface area contributed by atoms with Crippen molar-refractivity contribution in [2.24, 2.45) is 5.73 Å². The van der Waals surface area contributed by atoms with Crippen LogP contribution in [-0.4, -0.2) is 22.4 Å². The molecule has 1 aliphatic rings. The van der Waals surface area contributed by atoms with Crippen LogP contribution in [0, 0.1) is 6.92 Å². The normalized spacial score (nSPS) is 22.4. The van der Waals surface area contributed by atoms with Crippen LogP contribution in [0.2, 0.25) is 0 Å². The highest BCUT2D eigenvalue weighted by Crippen LogP contribution is 2.44. The third kappa shape index (κ3) is 2.29. The summed E-state index contributed by atoms with van der Waals surface area (Å²) in [4.78, 5) is 8.48. The lowest BCUT2D eigenvalue weighted by molar-refractivity contribution is -0.0515. The molecule has 0 radical (unpaired) electrons. The summed E-state index contributed by atoms with van der Waals surface area (Å²) in [5, 5.41) is 0. The molecule has 0 amide bonds. The van der Waals surface area contributed by atoms with Crippen molar-refractivity contribution < 1.29 is 8.78 Å². The first-order valence-electron chi connectivity index (χ1n) is 5.85. The van der Waals surface area contributed by atoms with Gasteiger partial charge in [-0.3, -0.25) is 9.97 Å². The second-order valence-electron chi connectivity index (χ2n) is 4.83. The van der Waals surface area contributed by atoms with Crippen LogP contribution >= 0.6 is 0 Å². The van der Waals surface area contributed by atoms with Crippen LogP contribution in [0.25, 0.3) is 0 Å². The topological polar surface area (TPSA) is 51.8 Å². The van der Waals surface area contributed by atoms with Gasteiger partial charge in [0.15, 0.2) is 0 Å². The van der Waals surface area contributed by atoms with Crippen LogP contribution < -0.4 is 5.73 Å². The first kappa shape index (κ1) is 12.4. The Hall–Kier alpha value is -1.10. The largest absolute Gasteiger partial charge is 0.330 e. The molecule has 0 atom stereocenters. The molecule has 2 N–H and O–H groups in total. The highest BCUT2D eigenvalue weighted by Gasteiger charge is 2.45. The molecule has 0 aliphatic heterocycles. The molecule has 0 saturated heterocycles. The summed E-state index contributed by atoms with van der Waals surface area (Å²) in [6, 6.07) is 0. The molecule has 1 heterocycles. The molecule has 1 aliphatic carbocycles. The number of rotatable bonds is 2. The Balaban J connectivity index is 2.31. The molecule has 1 saturated carbocycles. The van der Waals surface area contributed by atoms with Gasteiger partial charge in [0.05, 0.1) is 11.4 Å². The van der Waals surface area contributed by atoms with Crippen molar-refractivity contribution in [1.82, 2.24) is 9.97 Å². The minimum Gasteiger partial charge on any atom is -0.330 e. The highest BCUT2D eigenvalue weighted by atomic mass is 19.3. The number of hydrogen-bond acceptors (Lipinski definition) is 3. The predicted molar refractivity (Wildman–Crippen MR) is 60.9 cm³/mol. The van der Waals surface area contributed by atoms with Gasteiger partial charge in [0.1, 0.15) is 0 Å².